The zero-order chi connectivity index (χ0) is 21.1. The molecule has 0 spiro atoms. The number of anilines is 1. The summed E-state index contributed by atoms with van der Waals surface area (Å²) in [7, 11) is 1.73. The van der Waals surface area contributed by atoms with Crippen LogP contribution in [0.3, 0.4) is 0 Å². The van der Waals surface area contributed by atoms with E-state index in [0.29, 0.717) is 37.7 Å². The molecule has 160 valence electrons. The molecule has 1 aromatic heterocycles. The summed E-state index contributed by atoms with van der Waals surface area (Å²) in [5, 5.41) is 5.81. The summed E-state index contributed by atoms with van der Waals surface area (Å²) in [6, 6.07) is 5.32. The van der Waals surface area contributed by atoms with Gasteiger partial charge in [0.1, 0.15) is 6.54 Å². The first-order valence-corrected chi connectivity index (χ1v) is 11.5. The highest BCUT2D eigenvalue weighted by molar-refractivity contribution is 8.01. The molecule has 3 heterocycles. The highest BCUT2D eigenvalue weighted by Gasteiger charge is 2.25. The van der Waals surface area contributed by atoms with E-state index in [1.54, 1.807) is 18.0 Å². The van der Waals surface area contributed by atoms with Crippen molar-refractivity contribution in [3.8, 4) is 0 Å². The van der Waals surface area contributed by atoms with Crippen LogP contribution in [-0.2, 0) is 14.3 Å². The highest BCUT2D eigenvalue weighted by atomic mass is 32.2. The van der Waals surface area contributed by atoms with E-state index in [1.165, 1.54) is 28.0 Å². The van der Waals surface area contributed by atoms with Crippen molar-refractivity contribution in [2.45, 2.75) is 16.8 Å². The first-order valence-electron chi connectivity index (χ1n) is 9.68. The van der Waals surface area contributed by atoms with Crippen molar-refractivity contribution in [3.63, 3.8) is 0 Å². The summed E-state index contributed by atoms with van der Waals surface area (Å²) in [5.41, 5.74) is 1.47. The molecule has 1 atom stereocenters. The topological polar surface area (TPSA) is 104 Å². The van der Waals surface area contributed by atoms with Crippen molar-refractivity contribution >= 4 is 56.8 Å². The van der Waals surface area contributed by atoms with Gasteiger partial charge in [-0.15, -0.1) is 11.3 Å². The van der Waals surface area contributed by atoms with Crippen LogP contribution in [0.4, 0.5) is 10.5 Å². The minimum absolute atomic E-state index is 0.0237. The van der Waals surface area contributed by atoms with Crippen LogP contribution in [0, 0.1) is 0 Å². The third kappa shape index (κ3) is 5.02. The second kappa shape index (κ2) is 9.19. The predicted octanol–water partition coefficient (Wildman–Crippen LogP) is 1.60. The number of ether oxygens (including phenoxy) is 1. The van der Waals surface area contributed by atoms with Gasteiger partial charge < -0.3 is 25.2 Å². The van der Waals surface area contributed by atoms with E-state index < -0.39 is 0 Å². The molecular formula is C19H23N5O4S2. The Balaban J connectivity index is 1.33. The number of nitrogens with zero attached hydrogens (tertiary/aromatic N) is 3. The summed E-state index contributed by atoms with van der Waals surface area (Å²) >= 11 is 2.88. The number of amides is 4. The average Bonchev–Trinajstić information content (AvgIpc) is 3.37. The number of hydrogen-bond donors (Lipinski definition) is 2. The van der Waals surface area contributed by atoms with E-state index >= 15 is 0 Å². The number of rotatable bonds is 5. The molecular weight excluding hydrogens is 426 g/mol. The summed E-state index contributed by atoms with van der Waals surface area (Å²) < 4.78 is 6.99. The molecule has 2 aliphatic heterocycles. The lowest BCUT2D eigenvalue weighted by Crippen LogP contribution is -2.51. The molecule has 1 unspecified atom stereocenters. The normalized spacial score (nSPS) is 19.4. The van der Waals surface area contributed by atoms with Crippen molar-refractivity contribution < 1.29 is 19.1 Å². The second-order valence-electron chi connectivity index (χ2n) is 7.25. The molecule has 1 aromatic carbocycles. The quantitative estimate of drug-likeness (QED) is 0.672. The van der Waals surface area contributed by atoms with Gasteiger partial charge in [0.15, 0.2) is 4.34 Å². The van der Waals surface area contributed by atoms with Crippen LogP contribution in [0.15, 0.2) is 22.5 Å². The number of thioether (sulfide) groups is 1. The van der Waals surface area contributed by atoms with Crippen molar-refractivity contribution in [1.82, 2.24) is 20.1 Å². The summed E-state index contributed by atoms with van der Waals surface area (Å²) in [6.07, 6.45) is 0.855. The second-order valence-corrected chi connectivity index (χ2v) is 9.50. The number of urea groups is 1. The fourth-order valence-electron chi connectivity index (χ4n) is 3.22. The number of nitrogens with one attached hydrogen (secondary N) is 2. The molecule has 11 heteroatoms. The van der Waals surface area contributed by atoms with Crippen LogP contribution in [0.25, 0.3) is 10.2 Å². The number of benzene rings is 1. The average molecular weight is 450 g/mol. The first-order chi connectivity index (χ1) is 14.5. The molecule has 0 saturated carbocycles. The van der Waals surface area contributed by atoms with Gasteiger partial charge in [-0.1, -0.05) is 11.8 Å². The Morgan fingerprint density at radius 1 is 1.37 bits per heavy atom. The summed E-state index contributed by atoms with van der Waals surface area (Å²) in [4.78, 5) is 44.0. The molecule has 4 amide bonds. The van der Waals surface area contributed by atoms with Gasteiger partial charge >= 0.3 is 6.03 Å². The largest absolute Gasteiger partial charge is 0.379 e. The molecule has 9 nitrogen and oxygen atoms in total. The standard InChI is InChI=1S/C19H23N5O4S2/c1-23-5-6-24(9-17(23)26)18(27)21-12-2-3-14-15(8-12)30-19(22-14)29-11-16(25)20-13-4-7-28-10-13/h2-3,8,13H,4-7,9-11H2,1H3,(H,20,25)(H,21,27). The van der Waals surface area contributed by atoms with Crippen molar-refractivity contribution in [2.24, 2.45) is 0 Å². The van der Waals surface area contributed by atoms with Crippen LogP contribution in [0.2, 0.25) is 0 Å². The van der Waals surface area contributed by atoms with Crippen LogP contribution in [0.5, 0.6) is 0 Å². The van der Waals surface area contributed by atoms with E-state index in [1.807, 2.05) is 12.1 Å². The Kier molecular flexibility index (Phi) is 6.40. The van der Waals surface area contributed by atoms with Crippen LogP contribution in [-0.4, -0.2) is 84.3 Å². The van der Waals surface area contributed by atoms with Gasteiger partial charge in [-0.25, -0.2) is 9.78 Å². The molecule has 0 aliphatic carbocycles. The molecule has 2 saturated heterocycles. The number of thiazole rings is 1. The lowest BCUT2D eigenvalue weighted by molar-refractivity contribution is -0.133. The molecule has 4 rings (SSSR count). The molecule has 2 N–H and O–H groups in total. The van der Waals surface area contributed by atoms with E-state index in [4.69, 9.17) is 4.74 Å². The van der Waals surface area contributed by atoms with Crippen molar-refractivity contribution in [3.05, 3.63) is 18.2 Å². The lowest BCUT2D eigenvalue weighted by Gasteiger charge is -2.31. The fraction of sp³-hybridized carbons (Fsp3) is 0.474. The Morgan fingerprint density at radius 3 is 3.00 bits per heavy atom. The van der Waals surface area contributed by atoms with Crippen molar-refractivity contribution in [2.75, 3.05) is 51.0 Å². The lowest BCUT2D eigenvalue weighted by atomic mass is 10.3. The minimum atomic E-state index is -0.289. The Morgan fingerprint density at radius 2 is 2.23 bits per heavy atom. The third-order valence-corrected chi connectivity index (χ3v) is 7.15. The van der Waals surface area contributed by atoms with Gasteiger partial charge in [0.05, 0.1) is 28.6 Å². The highest BCUT2D eigenvalue weighted by Crippen LogP contribution is 2.31. The monoisotopic (exact) mass is 449 g/mol. The molecule has 2 aliphatic rings. The molecule has 2 fully saturated rings. The zero-order valence-electron chi connectivity index (χ0n) is 16.6. The number of piperazine rings is 1. The Hall–Kier alpha value is -2.37. The minimum Gasteiger partial charge on any atom is -0.379 e. The van der Waals surface area contributed by atoms with E-state index in [9.17, 15) is 14.4 Å². The SMILES string of the molecule is CN1CCN(C(=O)Nc2ccc3nc(SCC(=O)NC4CCOC4)sc3c2)CC1=O. The first kappa shape index (κ1) is 20.9. The molecule has 2 aromatic rings. The van der Waals surface area contributed by atoms with Crippen molar-refractivity contribution in [1.29, 1.82) is 0 Å². The smallest absolute Gasteiger partial charge is 0.322 e. The maximum absolute atomic E-state index is 12.5. The predicted molar refractivity (Wildman–Crippen MR) is 116 cm³/mol. The Bertz CT molecular complexity index is 960. The van der Waals surface area contributed by atoms with E-state index in [0.717, 1.165) is 21.0 Å². The van der Waals surface area contributed by atoms with E-state index in [-0.39, 0.29) is 30.4 Å². The van der Waals surface area contributed by atoms with Gasteiger partial charge in [-0.05, 0) is 24.6 Å². The number of carbonyl (C=O) groups is 3. The van der Waals surface area contributed by atoms with Crippen LogP contribution >= 0.6 is 23.1 Å². The summed E-state index contributed by atoms with van der Waals surface area (Å²) in [6.45, 7) is 2.39. The van der Waals surface area contributed by atoms with Crippen LogP contribution < -0.4 is 10.6 Å². The fourth-order valence-corrected chi connectivity index (χ4v) is 5.14. The van der Waals surface area contributed by atoms with Crippen LogP contribution in [0.1, 0.15) is 6.42 Å². The van der Waals surface area contributed by atoms with E-state index in [2.05, 4.69) is 15.6 Å². The Labute approximate surface area is 182 Å². The van der Waals surface area contributed by atoms with Gasteiger partial charge in [0, 0.05) is 32.4 Å². The number of aromatic nitrogens is 1. The maximum atomic E-state index is 12.5. The maximum Gasteiger partial charge on any atom is 0.322 e. The number of hydrogen-bond acceptors (Lipinski definition) is 7. The number of likely N-dealkylation sites (N-methyl/N-ethyl adjacent to an activating group) is 1. The van der Waals surface area contributed by atoms with Gasteiger partial charge in [0.25, 0.3) is 0 Å². The molecule has 0 bridgehead atoms. The molecule has 0 radical (unpaired) electrons. The molecule has 30 heavy (non-hydrogen) atoms. The van der Waals surface area contributed by atoms with Gasteiger partial charge in [0.2, 0.25) is 11.8 Å². The van der Waals surface area contributed by atoms with Gasteiger partial charge in [-0.3, -0.25) is 9.59 Å². The van der Waals surface area contributed by atoms with Gasteiger partial charge in [-0.2, -0.15) is 0 Å². The zero-order valence-corrected chi connectivity index (χ0v) is 18.2. The number of fused-ring (bicyclic) bond motifs is 1. The third-order valence-electron chi connectivity index (χ3n) is 4.99. The number of carbonyl (C=O) groups excluding carboxylic acids is 3. The summed E-state index contributed by atoms with van der Waals surface area (Å²) in [5.74, 6) is 0.210.